The highest BCUT2D eigenvalue weighted by atomic mass is 33.1. The van der Waals surface area contributed by atoms with Gasteiger partial charge in [0.25, 0.3) is 0 Å². The number of benzene rings is 5. The third-order valence-electron chi connectivity index (χ3n) is 12.2. The fourth-order valence-corrected chi connectivity index (χ4v) is 12.4. The number of aliphatic hydroxyl groups is 3. The summed E-state index contributed by atoms with van der Waals surface area (Å²) in [6, 6.07) is 19.4. The standard InChI is InChI=1S/C48H48O10S2/c1-23(2)15-26-18-28(19-27(42(26)53)16-24-7-3-9-29(50)17-24)46-45(56)44(55)41-37(58-46)22-35(52)40-32-20-25(8-5-13-49)30-10-4-11-31-38(30)39(32)33-21-36(57-47(40)41)34(51)12-6-14-59-60-48(31)43(33)54/h3-4,7,9-11,17-20,22-23,33-34,36,43,48-54,56H,5-6,8,12-16,21H2,1-2H3/t33-,34+,36+,43-,48+/m0/s1. The molecular formula is C48H48O10S2. The van der Waals surface area contributed by atoms with Crippen LogP contribution >= 0.6 is 21.6 Å². The molecule has 3 aliphatic rings. The smallest absolute Gasteiger partial charge is 0.238 e. The number of hydrogen-bond donors (Lipinski definition) is 7. The highest BCUT2D eigenvalue weighted by Gasteiger charge is 2.45. The second kappa shape index (κ2) is 16.2. The number of aromatic hydroxyl groups is 4. The first-order chi connectivity index (χ1) is 28.9. The molecule has 1 saturated heterocycles. The van der Waals surface area contributed by atoms with E-state index in [-0.39, 0.29) is 75.9 Å². The molecule has 5 aromatic carbocycles. The molecule has 3 heterocycles. The molecule has 0 saturated carbocycles. The number of aryl methyl sites for hydroxylation is 1. The van der Waals surface area contributed by atoms with E-state index >= 15 is 0 Å². The summed E-state index contributed by atoms with van der Waals surface area (Å²) in [4.78, 5) is 14.8. The Kier molecular flexibility index (Phi) is 11.0. The van der Waals surface area contributed by atoms with E-state index < -0.39 is 35.4 Å². The molecule has 0 unspecified atom stereocenters. The summed E-state index contributed by atoms with van der Waals surface area (Å²) in [5.41, 5.74) is 4.75. The van der Waals surface area contributed by atoms with Crippen molar-refractivity contribution < 1.29 is 44.9 Å². The predicted molar refractivity (Wildman–Crippen MR) is 237 cm³/mol. The minimum absolute atomic E-state index is 0.0239. The minimum atomic E-state index is -0.983. The van der Waals surface area contributed by atoms with Gasteiger partial charge in [-0.05, 0) is 124 Å². The van der Waals surface area contributed by atoms with Gasteiger partial charge in [0, 0.05) is 36.3 Å². The third kappa shape index (κ3) is 7.05. The number of hydrogen-bond acceptors (Lipinski definition) is 12. The summed E-state index contributed by atoms with van der Waals surface area (Å²) in [5.74, 6) is -0.601. The molecule has 7 N–H and O–H groups in total. The summed E-state index contributed by atoms with van der Waals surface area (Å²) in [7, 11) is 3.30. The molecule has 5 atom stereocenters. The molecule has 1 fully saturated rings. The fraction of sp³-hybridized carbons (Fsp3) is 0.354. The quantitative estimate of drug-likeness (QED) is 0.0724. The van der Waals surface area contributed by atoms with Crippen LogP contribution in [-0.2, 0) is 19.3 Å². The van der Waals surface area contributed by atoms with Crippen molar-refractivity contribution in [2.45, 2.75) is 88.3 Å². The number of rotatable bonds is 8. The molecule has 60 heavy (non-hydrogen) atoms. The van der Waals surface area contributed by atoms with Crippen LogP contribution in [0.1, 0.15) is 84.1 Å². The Labute approximate surface area is 354 Å². The van der Waals surface area contributed by atoms with Gasteiger partial charge in [-0.1, -0.05) is 65.8 Å². The van der Waals surface area contributed by atoms with Crippen LogP contribution in [0.2, 0.25) is 0 Å². The zero-order valence-corrected chi connectivity index (χ0v) is 35.0. The highest BCUT2D eigenvalue weighted by Crippen LogP contribution is 2.59. The molecule has 9 rings (SSSR count). The van der Waals surface area contributed by atoms with E-state index in [1.165, 1.54) is 6.07 Å². The van der Waals surface area contributed by atoms with Crippen LogP contribution in [0.25, 0.3) is 44.2 Å². The average Bonchev–Trinajstić information content (AvgIpc) is 3.22. The van der Waals surface area contributed by atoms with E-state index in [0.29, 0.717) is 54.4 Å². The van der Waals surface area contributed by atoms with Crippen molar-refractivity contribution >= 4 is 43.3 Å². The second-order valence-electron chi connectivity index (χ2n) is 16.8. The predicted octanol–water partition coefficient (Wildman–Crippen LogP) is 9.00. The maximum absolute atomic E-state index is 14.8. The molecule has 1 aromatic heterocycles. The van der Waals surface area contributed by atoms with Crippen molar-refractivity contribution in [2.24, 2.45) is 5.92 Å². The summed E-state index contributed by atoms with van der Waals surface area (Å²) >= 11 is 0. The van der Waals surface area contributed by atoms with E-state index in [1.54, 1.807) is 51.9 Å². The van der Waals surface area contributed by atoms with Gasteiger partial charge < -0.3 is 44.9 Å². The van der Waals surface area contributed by atoms with Crippen LogP contribution in [0.15, 0.2) is 75.9 Å². The zero-order valence-electron chi connectivity index (χ0n) is 33.4. The van der Waals surface area contributed by atoms with Gasteiger partial charge in [-0.3, -0.25) is 4.79 Å². The van der Waals surface area contributed by atoms with E-state index in [4.69, 9.17) is 9.15 Å². The van der Waals surface area contributed by atoms with Crippen LogP contribution in [-0.4, -0.2) is 66.4 Å². The lowest BCUT2D eigenvalue weighted by Crippen LogP contribution is -2.39. The summed E-state index contributed by atoms with van der Waals surface area (Å²) < 4.78 is 13.2. The Morgan fingerprint density at radius 3 is 2.48 bits per heavy atom. The molecule has 0 spiro atoms. The van der Waals surface area contributed by atoms with Crippen molar-refractivity contribution in [1.29, 1.82) is 0 Å². The third-order valence-corrected chi connectivity index (χ3v) is 15.1. The van der Waals surface area contributed by atoms with Crippen molar-refractivity contribution in [3.63, 3.8) is 0 Å². The second-order valence-corrected chi connectivity index (χ2v) is 19.4. The lowest BCUT2D eigenvalue weighted by Gasteiger charge is -2.41. The average molecular weight is 849 g/mol. The van der Waals surface area contributed by atoms with E-state index in [9.17, 15) is 40.5 Å². The van der Waals surface area contributed by atoms with Crippen LogP contribution in [0, 0.1) is 5.92 Å². The molecule has 6 aromatic rings. The van der Waals surface area contributed by atoms with E-state index in [0.717, 1.165) is 38.8 Å². The lowest BCUT2D eigenvalue weighted by molar-refractivity contribution is 0.00975. The van der Waals surface area contributed by atoms with Crippen LogP contribution < -0.4 is 10.2 Å². The first-order valence-electron chi connectivity index (χ1n) is 20.6. The minimum Gasteiger partial charge on any atom is -0.508 e. The summed E-state index contributed by atoms with van der Waals surface area (Å²) in [5, 5.41) is 81.3. The van der Waals surface area contributed by atoms with E-state index in [1.807, 2.05) is 38.1 Å². The normalized spacial score (nSPS) is 21.1. The van der Waals surface area contributed by atoms with Crippen molar-refractivity contribution in [3.05, 3.63) is 110 Å². The van der Waals surface area contributed by atoms with Crippen molar-refractivity contribution in [1.82, 2.24) is 0 Å². The molecule has 12 heteroatoms. The Bertz CT molecular complexity index is 2710. The van der Waals surface area contributed by atoms with Gasteiger partial charge in [0.05, 0.1) is 23.0 Å². The zero-order chi connectivity index (χ0) is 42.0. The van der Waals surface area contributed by atoms with E-state index in [2.05, 4.69) is 6.07 Å². The Hall–Kier alpha value is -4.85. The summed E-state index contributed by atoms with van der Waals surface area (Å²) in [6.45, 7) is 4.01. The number of fused-ring (bicyclic) bond motifs is 7. The molecule has 2 aliphatic heterocycles. The molecule has 10 nitrogen and oxygen atoms in total. The Balaban J connectivity index is 1.31. The first kappa shape index (κ1) is 40.6. The molecule has 312 valence electrons. The molecular weight excluding hydrogens is 801 g/mol. The van der Waals surface area contributed by atoms with Crippen LogP contribution in [0.5, 0.6) is 28.7 Å². The molecule has 0 amide bonds. The Morgan fingerprint density at radius 2 is 1.70 bits per heavy atom. The number of aliphatic hydroxyl groups excluding tert-OH is 3. The lowest BCUT2D eigenvalue weighted by atomic mass is 9.71. The fourth-order valence-electron chi connectivity index (χ4n) is 9.56. The van der Waals surface area contributed by atoms with Gasteiger partial charge in [0.1, 0.15) is 40.1 Å². The van der Waals surface area contributed by atoms with Crippen molar-refractivity contribution in [2.75, 3.05) is 12.4 Å². The van der Waals surface area contributed by atoms with Gasteiger partial charge in [-0.25, -0.2) is 0 Å². The number of phenolic OH excluding ortho intramolecular Hbond substituents is 3. The molecule has 3 bridgehead atoms. The van der Waals surface area contributed by atoms with Gasteiger partial charge in [0.15, 0.2) is 5.76 Å². The van der Waals surface area contributed by atoms with Gasteiger partial charge in [-0.15, -0.1) is 0 Å². The van der Waals surface area contributed by atoms with Crippen LogP contribution in [0.4, 0.5) is 0 Å². The number of ether oxygens (including phenoxy) is 1. The Morgan fingerprint density at radius 1 is 0.900 bits per heavy atom. The monoisotopic (exact) mass is 848 g/mol. The maximum Gasteiger partial charge on any atom is 0.238 e. The summed E-state index contributed by atoms with van der Waals surface area (Å²) in [6.07, 6.45) is 0.311. The van der Waals surface area contributed by atoms with Crippen molar-refractivity contribution in [3.8, 4) is 51.2 Å². The number of phenols is 3. The van der Waals surface area contributed by atoms with Gasteiger partial charge in [0.2, 0.25) is 11.2 Å². The molecule has 0 radical (unpaired) electrons. The maximum atomic E-state index is 14.8. The highest BCUT2D eigenvalue weighted by molar-refractivity contribution is 8.76. The first-order valence-corrected chi connectivity index (χ1v) is 23.0. The molecule has 1 aliphatic carbocycles. The van der Waals surface area contributed by atoms with Gasteiger partial charge >= 0.3 is 0 Å². The largest absolute Gasteiger partial charge is 0.508 e. The van der Waals surface area contributed by atoms with Crippen LogP contribution in [0.3, 0.4) is 0 Å². The topological polar surface area (TPSA) is 181 Å². The SMILES string of the molecule is CC(C)Cc1cc(-c2oc3cc(O)c4c(c3c(=O)c2O)O[C@@H]2C[C@H]3c5c-4cc(CCCO)c4cccc(c54)[C@@H](SSCCC[C@H]2O)[C@H]3O)cc(Cc2cccc(O)c2)c1O. The van der Waals surface area contributed by atoms with Gasteiger partial charge in [-0.2, -0.15) is 0 Å².